The molecule has 0 aliphatic heterocycles. The van der Waals surface area contributed by atoms with Crippen LogP contribution in [-0.2, 0) is 0 Å². The van der Waals surface area contributed by atoms with Crippen molar-refractivity contribution in [2.45, 2.75) is 0 Å². The molecule has 5 heteroatoms. The van der Waals surface area contributed by atoms with Crippen molar-refractivity contribution in [3.63, 3.8) is 0 Å². The Bertz CT molecular complexity index is 870. The van der Waals surface area contributed by atoms with Gasteiger partial charge in [0, 0.05) is 0 Å². The number of aromatic nitrogens is 1. The van der Waals surface area contributed by atoms with Gasteiger partial charge in [0.05, 0.1) is 33.1 Å². The minimum Gasteiger partial charge on any atom is -0.397 e. The molecule has 0 atom stereocenters. The standard InChI is InChI=1S/C14H9N3OS/c15-8-9-5-6-12(11(16)7-9)17-14(18)10-3-1-2-4-13(10)19-17/h1-7H,16H2. The van der Waals surface area contributed by atoms with Crippen molar-refractivity contribution < 1.29 is 0 Å². The fourth-order valence-corrected chi connectivity index (χ4v) is 2.98. The van der Waals surface area contributed by atoms with Gasteiger partial charge < -0.3 is 5.73 Å². The zero-order chi connectivity index (χ0) is 13.4. The number of nitriles is 1. The maximum atomic E-state index is 12.3. The molecule has 4 nitrogen and oxygen atoms in total. The van der Waals surface area contributed by atoms with Crippen molar-refractivity contribution in [2.75, 3.05) is 5.73 Å². The summed E-state index contributed by atoms with van der Waals surface area (Å²) in [7, 11) is 0. The van der Waals surface area contributed by atoms with E-state index in [9.17, 15) is 4.79 Å². The molecule has 3 aromatic rings. The summed E-state index contributed by atoms with van der Waals surface area (Å²) in [5, 5.41) is 9.50. The van der Waals surface area contributed by atoms with E-state index in [0.29, 0.717) is 22.3 Å². The summed E-state index contributed by atoms with van der Waals surface area (Å²) in [6.07, 6.45) is 0. The van der Waals surface area contributed by atoms with Gasteiger partial charge in [-0.3, -0.25) is 4.79 Å². The second-order valence-electron chi connectivity index (χ2n) is 4.07. The van der Waals surface area contributed by atoms with Gasteiger partial charge in [0.25, 0.3) is 5.56 Å². The molecule has 0 aliphatic rings. The lowest BCUT2D eigenvalue weighted by Gasteiger charge is -2.04. The average molecular weight is 267 g/mol. The van der Waals surface area contributed by atoms with E-state index >= 15 is 0 Å². The minimum atomic E-state index is -0.0861. The van der Waals surface area contributed by atoms with Gasteiger partial charge in [0.15, 0.2) is 0 Å². The van der Waals surface area contributed by atoms with E-state index in [1.165, 1.54) is 11.5 Å². The first-order valence-electron chi connectivity index (χ1n) is 5.62. The van der Waals surface area contributed by atoms with E-state index in [1.54, 1.807) is 28.2 Å². The minimum absolute atomic E-state index is 0.0861. The maximum Gasteiger partial charge on any atom is 0.273 e. The monoisotopic (exact) mass is 267 g/mol. The molecular formula is C14H9N3OS. The molecule has 0 fully saturated rings. The Morgan fingerprint density at radius 2 is 2.00 bits per heavy atom. The van der Waals surface area contributed by atoms with Gasteiger partial charge in [-0.25, -0.2) is 3.96 Å². The largest absolute Gasteiger partial charge is 0.397 e. The van der Waals surface area contributed by atoms with E-state index in [0.717, 1.165) is 4.70 Å². The van der Waals surface area contributed by atoms with Crippen molar-refractivity contribution >= 4 is 27.3 Å². The molecule has 0 saturated carbocycles. The molecule has 0 aliphatic carbocycles. The van der Waals surface area contributed by atoms with Crippen LogP contribution >= 0.6 is 11.5 Å². The van der Waals surface area contributed by atoms with Gasteiger partial charge >= 0.3 is 0 Å². The molecule has 0 unspecified atom stereocenters. The quantitative estimate of drug-likeness (QED) is 0.688. The lowest BCUT2D eigenvalue weighted by Crippen LogP contribution is -2.12. The first-order valence-corrected chi connectivity index (χ1v) is 6.39. The Morgan fingerprint density at radius 1 is 1.21 bits per heavy atom. The molecule has 1 aromatic heterocycles. The van der Waals surface area contributed by atoms with E-state index in [4.69, 9.17) is 11.0 Å². The summed E-state index contributed by atoms with van der Waals surface area (Å²) in [6, 6.07) is 14.4. The molecule has 0 spiro atoms. The van der Waals surface area contributed by atoms with Gasteiger partial charge in [-0.05, 0) is 30.3 Å². The normalized spacial score (nSPS) is 10.5. The van der Waals surface area contributed by atoms with Crippen LogP contribution in [0.3, 0.4) is 0 Å². The molecule has 0 bridgehead atoms. The fraction of sp³-hybridized carbons (Fsp3) is 0. The topological polar surface area (TPSA) is 71.8 Å². The van der Waals surface area contributed by atoms with Crippen LogP contribution in [-0.4, -0.2) is 3.96 Å². The summed E-state index contributed by atoms with van der Waals surface area (Å²) in [5.41, 5.74) is 7.35. The smallest absolute Gasteiger partial charge is 0.273 e. The van der Waals surface area contributed by atoms with Crippen molar-refractivity contribution in [3.05, 3.63) is 58.4 Å². The Kier molecular flexibility index (Phi) is 2.58. The SMILES string of the molecule is N#Cc1ccc(-n2sc3ccccc3c2=O)c(N)c1. The zero-order valence-corrected chi connectivity index (χ0v) is 10.6. The van der Waals surface area contributed by atoms with Crippen LogP contribution in [0.4, 0.5) is 5.69 Å². The highest BCUT2D eigenvalue weighted by Crippen LogP contribution is 2.24. The third-order valence-electron chi connectivity index (χ3n) is 2.87. The van der Waals surface area contributed by atoms with Crippen LogP contribution in [0, 0.1) is 11.3 Å². The van der Waals surface area contributed by atoms with Crippen LogP contribution in [0.5, 0.6) is 0 Å². The van der Waals surface area contributed by atoms with Crippen LogP contribution in [0.1, 0.15) is 5.56 Å². The third kappa shape index (κ3) is 1.79. The van der Waals surface area contributed by atoms with Gasteiger partial charge in [0.1, 0.15) is 0 Å². The zero-order valence-electron chi connectivity index (χ0n) is 9.83. The summed E-state index contributed by atoms with van der Waals surface area (Å²) >= 11 is 1.35. The van der Waals surface area contributed by atoms with Crippen molar-refractivity contribution in [3.8, 4) is 11.8 Å². The summed E-state index contributed by atoms with van der Waals surface area (Å²) in [6.45, 7) is 0. The highest BCUT2D eigenvalue weighted by molar-refractivity contribution is 7.14. The van der Waals surface area contributed by atoms with Crippen LogP contribution in [0.25, 0.3) is 15.8 Å². The highest BCUT2D eigenvalue weighted by atomic mass is 32.1. The number of nitrogens with zero attached hydrogens (tertiary/aromatic N) is 2. The van der Waals surface area contributed by atoms with E-state index in [1.807, 2.05) is 24.3 Å². The Hall–Kier alpha value is -2.58. The van der Waals surface area contributed by atoms with Gasteiger partial charge in [-0.2, -0.15) is 5.26 Å². The molecule has 0 saturated heterocycles. The van der Waals surface area contributed by atoms with Gasteiger partial charge in [-0.15, -0.1) is 0 Å². The predicted octanol–water partition coefficient (Wildman–Crippen LogP) is 2.51. The first kappa shape index (κ1) is 11.5. The first-order chi connectivity index (χ1) is 9.20. The summed E-state index contributed by atoms with van der Waals surface area (Å²) in [5.74, 6) is 0. The maximum absolute atomic E-state index is 12.3. The van der Waals surface area contributed by atoms with Crippen molar-refractivity contribution in [2.24, 2.45) is 0 Å². The molecule has 1 heterocycles. The summed E-state index contributed by atoms with van der Waals surface area (Å²) in [4.78, 5) is 12.3. The van der Waals surface area contributed by atoms with E-state index in [-0.39, 0.29) is 5.56 Å². The van der Waals surface area contributed by atoms with Crippen LogP contribution < -0.4 is 11.3 Å². The van der Waals surface area contributed by atoms with E-state index < -0.39 is 0 Å². The lowest BCUT2D eigenvalue weighted by atomic mass is 10.2. The molecule has 2 aromatic carbocycles. The number of benzene rings is 2. The highest BCUT2D eigenvalue weighted by Gasteiger charge is 2.11. The Morgan fingerprint density at radius 3 is 2.68 bits per heavy atom. The number of fused-ring (bicyclic) bond motifs is 1. The predicted molar refractivity (Wildman–Crippen MR) is 76.5 cm³/mol. The lowest BCUT2D eigenvalue weighted by molar-refractivity contribution is 1.15. The molecule has 0 radical (unpaired) electrons. The molecule has 2 N–H and O–H groups in total. The van der Waals surface area contributed by atoms with Crippen molar-refractivity contribution in [1.82, 2.24) is 3.96 Å². The molecule has 0 amide bonds. The number of rotatable bonds is 1. The number of hydrogen-bond donors (Lipinski definition) is 1. The third-order valence-corrected chi connectivity index (χ3v) is 3.96. The van der Waals surface area contributed by atoms with E-state index in [2.05, 4.69) is 0 Å². The van der Waals surface area contributed by atoms with Crippen LogP contribution in [0.15, 0.2) is 47.3 Å². The van der Waals surface area contributed by atoms with Gasteiger partial charge in [0.2, 0.25) is 0 Å². The second kappa shape index (κ2) is 4.26. The van der Waals surface area contributed by atoms with Gasteiger partial charge in [-0.1, -0.05) is 23.7 Å². The van der Waals surface area contributed by atoms with Crippen molar-refractivity contribution in [1.29, 1.82) is 5.26 Å². The van der Waals surface area contributed by atoms with Crippen LogP contribution in [0.2, 0.25) is 0 Å². The number of hydrogen-bond acceptors (Lipinski definition) is 4. The summed E-state index contributed by atoms with van der Waals surface area (Å²) < 4.78 is 2.47. The number of anilines is 1. The molecular weight excluding hydrogens is 258 g/mol. The Balaban J connectivity index is 2.28. The fourth-order valence-electron chi connectivity index (χ4n) is 1.94. The number of nitrogen functional groups attached to an aromatic ring is 1. The average Bonchev–Trinajstić information content (AvgIpc) is 2.76. The Labute approximate surface area is 113 Å². The molecule has 3 rings (SSSR count). The molecule has 19 heavy (non-hydrogen) atoms. The molecule has 92 valence electrons. The number of nitrogens with two attached hydrogens (primary N) is 1. The second-order valence-corrected chi connectivity index (χ2v) is 5.06.